The number of fused-ring (bicyclic) bond motifs is 1. The predicted octanol–water partition coefficient (Wildman–Crippen LogP) is -0.853. The SMILES string of the molecule is Nc1nc(NC(O)Cc2ccccc2)nc2c1ncn2[C@@H]1OC(CCc2nn[nH]n2)[C@@H](O)[C@H]1O. The van der Waals surface area contributed by atoms with E-state index in [9.17, 15) is 15.3 Å². The Hall–Kier alpha value is -3.72. The number of aliphatic hydroxyl groups is 3. The fraction of sp³-hybridized carbons (Fsp3) is 0.400. The van der Waals surface area contributed by atoms with Gasteiger partial charge in [-0.2, -0.15) is 15.2 Å². The van der Waals surface area contributed by atoms with E-state index in [-0.39, 0.29) is 17.4 Å². The van der Waals surface area contributed by atoms with Crippen LogP contribution in [0.25, 0.3) is 11.2 Å². The molecule has 14 nitrogen and oxygen atoms in total. The topological polar surface area (TPSA) is 206 Å². The molecule has 1 fully saturated rings. The smallest absolute Gasteiger partial charge is 0.228 e. The van der Waals surface area contributed by atoms with Gasteiger partial charge in [0.25, 0.3) is 0 Å². The van der Waals surface area contributed by atoms with E-state index in [1.54, 1.807) is 0 Å². The number of aromatic amines is 1. The molecule has 1 aromatic carbocycles. The Morgan fingerprint density at radius 1 is 1.18 bits per heavy atom. The molecule has 4 aromatic rings. The van der Waals surface area contributed by atoms with Crippen LogP contribution in [-0.4, -0.2) is 80.0 Å². The number of imidazole rings is 1. The van der Waals surface area contributed by atoms with E-state index >= 15 is 0 Å². The number of nitrogen functional groups attached to an aromatic ring is 1. The van der Waals surface area contributed by atoms with Gasteiger partial charge < -0.3 is 31.1 Å². The van der Waals surface area contributed by atoms with Gasteiger partial charge in [-0.15, -0.1) is 10.2 Å². The molecule has 2 unspecified atom stereocenters. The number of nitrogens with zero attached hydrogens (tertiary/aromatic N) is 7. The number of aliphatic hydroxyl groups excluding tert-OH is 3. The van der Waals surface area contributed by atoms with E-state index < -0.39 is 30.8 Å². The first-order valence-corrected chi connectivity index (χ1v) is 10.7. The van der Waals surface area contributed by atoms with Crippen LogP contribution in [0.4, 0.5) is 11.8 Å². The van der Waals surface area contributed by atoms with E-state index in [1.807, 2.05) is 30.3 Å². The van der Waals surface area contributed by atoms with Gasteiger partial charge in [-0.25, -0.2) is 4.98 Å². The van der Waals surface area contributed by atoms with Gasteiger partial charge in [0.05, 0.1) is 12.4 Å². The fourth-order valence-corrected chi connectivity index (χ4v) is 3.98. The van der Waals surface area contributed by atoms with Crippen LogP contribution in [0.1, 0.15) is 24.0 Å². The van der Waals surface area contributed by atoms with Crippen LogP contribution in [0.2, 0.25) is 0 Å². The Morgan fingerprint density at radius 3 is 2.76 bits per heavy atom. The van der Waals surface area contributed by atoms with Crippen molar-refractivity contribution in [2.45, 2.75) is 50.0 Å². The molecule has 0 saturated carbocycles. The summed E-state index contributed by atoms with van der Waals surface area (Å²) in [6.07, 6.45) is -2.42. The van der Waals surface area contributed by atoms with Crippen LogP contribution in [-0.2, 0) is 17.6 Å². The second-order valence-corrected chi connectivity index (χ2v) is 8.02. The zero-order valence-electron chi connectivity index (χ0n) is 17.9. The number of rotatable bonds is 8. The Balaban J connectivity index is 1.34. The lowest BCUT2D eigenvalue weighted by atomic mass is 10.1. The summed E-state index contributed by atoms with van der Waals surface area (Å²) in [7, 11) is 0. The summed E-state index contributed by atoms with van der Waals surface area (Å²) in [5.41, 5.74) is 7.60. The van der Waals surface area contributed by atoms with E-state index in [4.69, 9.17) is 10.5 Å². The van der Waals surface area contributed by atoms with Crippen molar-refractivity contribution < 1.29 is 20.1 Å². The second-order valence-electron chi connectivity index (χ2n) is 8.02. The summed E-state index contributed by atoms with van der Waals surface area (Å²) in [6, 6.07) is 9.47. The lowest BCUT2D eigenvalue weighted by Gasteiger charge is -2.17. The zero-order valence-corrected chi connectivity index (χ0v) is 17.9. The van der Waals surface area contributed by atoms with Gasteiger partial charge in [0.1, 0.15) is 24.0 Å². The average Bonchev–Trinajstić information content (AvgIpc) is 3.54. The van der Waals surface area contributed by atoms with Crippen molar-refractivity contribution in [1.29, 1.82) is 0 Å². The highest BCUT2D eigenvalue weighted by atomic mass is 16.6. The Bertz CT molecular complexity index is 1240. The first kappa shape index (κ1) is 22.1. The van der Waals surface area contributed by atoms with Crippen LogP contribution in [0.5, 0.6) is 0 Å². The third-order valence-corrected chi connectivity index (χ3v) is 5.67. The lowest BCUT2D eigenvalue weighted by molar-refractivity contribution is -0.0368. The molecule has 0 radical (unpaired) electrons. The molecule has 7 N–H and O–H groups in total. The number of benzene rings is 1. The molecule has 1 aliphatic heterocycles. The maximum Gasteiger partial charge on any atom is 0.228 e. The standard InChI is InChI=1S/C20H24N10O4/c21-17-14-18(25-20(24-17)23-13(31)8-10-4-2-1-3-5-10)30(9-22-14)19-16(33)15(32)11(34-19)6-7-12-26-28-29-27-12/h1-5,9,11,13,15-16,19,31-33H,6-8H2,(H3,21,23,24,25)(H,26,27,28,29)/t11?,13?,15-,16-,19-/m1/s1. The number of tetrazole rings is 1. The van der Waals surface area contributed by atoms with E-state index in [2.05, 4.69) is 40.9 Å². The number of hydrogen-bond acceptors (Lipinski definition) is 12. The minimum atomic E-state index is -1.23. The number of anilines is 2. The number of nitrogens with one attached hydrogen (secondary N) is 2. The molecular weight excluding hydrogens is 444 g/mol. The van der Waals surface area contributed by atoms with Crippen molar-refractivity contribution in [3.8, 4) is 0 Å². The van der Waals surface area contributed by atoms with Gasteiger partial charge in [-0.1, -0.05) is 35.5 Å². The van der Waals surface area contributed by atoms with Crippen molar-refractivity contribution in [2.75, 3.05) is 11.1 Å². The summed E-state index contributed by atoms with van der Waals surface area (Å²) < 4.78 is 7.43. The molecule has 0 bridgehead atoms. The summed E-state index contributed by atoms with van der Waals surface area (Å²) in [6.45, 7) is 0. The van der Waals surface area contributed by atoms with Gasteiger partial charge in [-0.3, -0.25) is 4.57 Å². The number of aromatic nitrogens is 8. The zero-order chi connectivity index (χ0) is 23.7. The minimum Gasteiger partial charge on any atom is -0.388 e. The highest BCUT2D eigenvalue weighted by molar-refractivity contribution is 5.83. The number of aryl methyl sites for hydroxylation is 1. The molecule has 1 aliphatic rings. The maximum absolute atomic E-state index is 10.7. The number of ether oxygens (including phenoxy) is 1. The van der Waals surface area contributed by atoms with Crippen LogP contribution >= 0.6 is 0 Å². The van der Waals surface area contributed by atoms with Crippen LogP contribution in [0.15, 0.2) is 36.7 Å². The molecule has 3 aromatic heterocycles. The van der Waals surface area contributed by atoms with Crippen molar-refractivity contribution in [1.82, 2.24) is 40.1 Å². The molecule has 0 amide bonds. The van der Waals surface area contributed by atoms with Crippen LogP contribution in [0, 0.1) is 0 Å². The summed E-state index contributed by atoms with van der Waals surface area (Å²) in [4.78, 5) is 12.8. The van der Waals surface area contributed by atoms with Gasteiger partial charge in [0.15, 0.2) is 23.5 Å². The summed E-state index contributed by atoms with van der Waals surface area (Å²) in [5, 5.41) is 48.1. The first-order chi connectivity index (χ1) is 16.5. The summed E-state index contributed by atoms with van der Waals surface area (Å²) in [5.74, 6) is 0.670. The van der Waals surface area contributed by atoms with E-state index in [1.165, 1.54) is 10.9 Å². The van der Waals surface area contributed by atoms with Crippen molar-refractivity contribution in [2.24, 2.45) is 0 Å². The van der Waals surface area contributed by atoms with E-state index in [0.29, 0.717) is 30.6 Å². The molecule has 5 rings (SSSR count). The molecule has 178 valence electrons. The molecule has 34 heavy (non-hydrogen) atoms. The average molecular weight is 468 g/mol. The van der Waals surface area contributed by atoms with Crippen molar-refractivity contribution in [3.05, 3.63) is 48.0 Å². The predicted molar refractivity (Wildman–Crippen MR) is 118 cm³/mol. The van der Waals surface area contributed by atoms with Crippen molar-refractivity contribution >= 4 is 22.9 Å². The number of nitrogens with two attached hydrogens (primary N) is 1. The highest BCUT2D eigenvalue weighted by Crippen LogP contribution is 2.34. The third-order valence-electron chi connectivity index (χ3n) is 5.67. The summed E-state index contributed by atoms with van der Waals surface area (Å²) >= 11 is 0. The number of H-pyrrole nitrogens is 1. The Labute approximate surface area is 192 Å². The fourth-order valence-electron chi connectivity index (χ4n) is 3.98. The Kier molecular flexibility index (Phi) is 6.02. The van der Waals surface area contributed by atoms with Gasteiger partial charge in [0, 0.05) is 12.8 Å². The van der Waals surface area contributed by atoms with Crippen LogP contribution < -0.4 is 11.1 Å². The maximum atomic E-state index is 10.7. The normalized spacial score (nSPS) is 23.4. The molecule has 5 atom stereocenters. The monoisotopic (exact) mass is 468 g/mol. The second kappa shape index (κ2) is 9.26. The quantitative estimate of drug-likeness (QED) is 0.175. The van der Waals surface area contributed by atoms with Gasteiger partial charge in [0.2, 0.25) is 5.95 Å². The van der Waals surface area contributed by atoms with Gasteiger partial charge in [-0.05, 0) is 12.0 Å². The van der Waals surface area contributed by atoms with Crippen LogP contribution in [0.3, 0.4) is 0 Å². The Morgan fingerprint density at radius 2 is 2.00 bits per heavy atom. The molecule has 0 spiro atoms. The largest absolute Gasteiger partial charge is 0.388 e. The molecular formula is C20H24N10O4. The van der Waals surface area contributed by atoms with E-state index in [0.717, 1.165) is 5.56 Å². The van der Waals surface area contributed by atoms with Gasteiger partial charge >= 0.3 is 0 Å². The first-order valence-electron chi connectivity index (χ1n) is 10.7. The highest BCUT2D eigenvalue weighted by Gasteiger charge is 2.44. The van der Waals surface area contributed by atoms with Crippen molar-refractivity contribution in [3.63, 3.8) is 0 Å². The lowest BCUT2D eigenvalue weighted by Crippen LogP contribution is -2.31. The molecule has 14 heteroatoms. The molecule has 4 heterocycles. The minimum absolute atomic E-state index is 0.0943. The number of hydrogen-bond donors (Lipinski definition) is 6. The third kappa shape index (κ3) is 4.38. The molecule has 0 aliphatic carbocycles. The molecule has 1 saturated heterocycles.